The molecule has 1 atom stereocenters. The van der Waals surface area contributed by atoms with E-state index in [9.17, 15) is 14.7 Å². The van der Waals surface area contributed by atoms with Crippen molar-refractivity contribution < 1.29 is 14.6 Å². The second-order valence-corrected chi connectivity index (χ2v) is 6.37. The molecule has 0 aliphatic rings. The molecule has 0 bridgehead atoms. The zero-order valence-electron chi connectivity index (χ0n) is 16.4. The number of aromatic nitrogens is 4. The van der Waals surface area contributed by atoms with Crippen LogP contribution >= 0.6 is 0 Å². The van der Waals surface area contributed by atoms with E-state index in [1.165, 1.54) is 18.7 Å². The van der Waals surface area contributed by atoms with Gasteiger partial charge in [-0.05, 0) is 17.7 Å². The summed E-state index contributed by atoms with van der Waals surface area (Å²) in [5, 5.41) is 13.0. The molecule has 0 saturated heterocycles. The van der Waals surface area contributed by atoms with Crippen molar-refractivity contribution >= 4 is 17.1 Å². The van der Waals surface area contributed by atoms with Gasteiger partial charge in [0.05, 0.1) is 26.9 Å². The molecule has 1 aromatic carbocycles. The van der Waals surface area contributed by atoms with Crippen molar-refractivity contribution in [1.82, 2.24) is 18.7 Å². The van der Waals surface area contributed by atoms with Gasteiger partial charge in [0.2, 0.25) is 5.95 Å². The third-order valence-electron chi connectivity index (χ3n) is 4.77. The highest BCUT2D eigenvalue weighted by Gasteiger charge is 2.20. The number of hydrogen-bond acceptors (Lipinski definition) is 7. The fourth-order valence-electron chi connectivity index (χ4n) is 3.11. The minimum atomic E-state index is -0.517. The van der Waals surface area contributed by atoms with Crippen LogP contribution in [0.3, 0.4) is 0 Å². The fraction of sp³-hybridized carbons (Fsp3) is 0.389. The van der Waals surface area contributed by atoms with Crippen molar-refractivity contribution in [3.8, 4) is 11.5 Å². The topological polar surface area (TPSA) is 113 Å². The summed E-state index contributed by atoms with van der Waals surface area (Å²) in [4.78, 5) is 29.0. The summed E-state index contributed by atoms with van der Waals surface area (Å²) >= 11 is 0. The summed E-state index contributed by atoms with van der Waals surface area (Å²) in [7, 11) is 7.73. The molecule has 10 heteroatoms. The van der Waals surface area contributed by atoms with Crippen LogP contribution in [0.5, 0.6) is 11.5 Å². The fourth-order valence-corrected chi connectivity index (χ4v) is 3.11. The lowest BCUT2D eigenvalue weighted by Gasteiger charge is -2.19. The number of aliphatic hydroxyl groups is 1. The Morgan fingerprint density at radius 2 is 1.75 bits per heavy atom. The number of imidazole rings is 1. The van der Waals surface area contributed by atoms with Crippen LogP contribution in [0.4, 0.5) is 5.95 Å². The van der Waals surface area contributed by atoms with Gasteiger partial charge in [0.1, 0.15) is 0 Å². The van der Waals surface area contributed by atoms with Gasteiger partial charge in [-0.2, -0.15) is 4.98 Å². The van der Waals surface area contributed by atoms with Gasteiger partial charge in [0.25, 0.3) is 5.56 Å². The average Bonchev–Trinajstić information content (AvgIpc) is 3.04. The molecule has 3 rings (SSSR count). The first-order valence-electron chi connectivity index (χ1n) is 8.55. The molecule has 0 spiro atoms. The molecule has 0 amide bonds. The second kappa shape index (κ2) is 7.39. The number of nitrogens with one attached hydrogen (secondary N) is 1. The van der Waals surface area contributed by atoms with Crippen molar-refractivity contribution in [2.45, 2.75) is 6.04 Å². The standard InChI is InChI=1S/C18H23N5O5/c1-21-14-15(22(2)18(26)23(3)16(14)25)20-17(21)19-11(9-24)10-6-7-12(27-4)13(8-10)28-5/h6-8,11,24H,9H2,1-5H3,(H,19,20). The number of ether oxygens (including phenoxy) is 2. The van der Waals surface area contributed by atoms with Gasteiger partial charge >= 0.3 is 5.69 Å². The third kappa shape index (κ3) is 3.01. The predicted octanol–water partition coefficient (Wildman–Crippen LogP) is 0.133. The van der Waals surface area contributed by atoms with Crippen molar-refractivity contribution in [2.24, 2.45) is 21.1 Å². The summed E-state index contributed by atoms with van der Waals surface area (Å²) in [5.41, 5.74) is 0.403. The number of aryl methyl sites for hydroxylation is 2. The second-order valence-electron chi connectivity index (χ2n) is 6.37. The van der Waals surface area contributed by atoms with Gasteiger partial charge < -0.3 is 24.5 Å². The Labute approximate surface area is 160 Å². The first kappa shape index (κ1) is 19.5. The third-order valence-corrected chi connectivity index (χ3v) is 4.77. The first-order chi connectivity index (χ1) is 13.3. The molecule has 2 heterocycles. The van der Waals surface area contributed by atoms with Gasteiger partial charge in [-0.25, -0.2) is 4.79 Å². The largest absolute Gasteiger partial charge is 0.493 e. The van der Waals surface area contributed by atoms with Crippen LogP contribution < -0.4 is 26.0 Å². The Kier molecular flexibility index (Phi) is 5.14. The Morgan fingerprint density at radius 1 is 1.07 bits per heavy atom. The van der Waals surface area contributed by atoms with Crippen LogP contribution in [0.25, 0.3) is 11.2 Å². The first-order valence-corrected chi connectivity index (χ1v) is 8.55. The van der Waals surface area contributed by atoms with E-state index in [1.54, 1.807) is 44.0 Å². The average molecular weight is 389 g/mol. The Morgan fingerprint density at radius 3 is 2.36 bits per heavy atom. The minimum absolute atomic E-state index is 0.227. The molecule has 10 nitrogen and oxygen atoms in total. The minimum Gasteiger partial charge on any atom is -0.493 e. The maximum absolute atomic E-state index is 12.5. The maximum Gasteiger partial charge on any atom is 0.332 e. The molecule has 1 unspecified atom stereocenters. The molecular formula is C18H23N5O5. The van der Waals surface area contributed by atoms with E-state index in [1.807, 2.05) is 0 Å². The van der Waals surface area contributed by atoms with Gasteiger partial charge in [-0.15, -0.1) is 0 Å². The lowest BCUT2D eigenvalue weighted by molar-refractivity contribution is 0.275. The van der Waals surface area contributed by atoms with Gasteiger partial charge in [-0.1, -0.05) is 6.07 Å². The monoisotopic (exact) mass is 389 g/mol. The van der Waals surface area contributed by atoms with E-state index < -0.39 is 17.3 Å². The summed E-state index contributed by atoms with van der Waals surface area (Å²) in [6.45, 7) is -0.227. The Bertz CT molecular complexity index is 1140. The van der Waals surface area contributed by atoms with E-state index in [0.29, 0.717) is 17.4 Å². The van der Waals surface area contributed by atoms with Gasteiger partial charge in [0.15, 0.2) is 22.7 Å². The molecule has 2 N–H and O–H groups in total. The van der Waals surface area contributed by atoms with E-state index in [2.05, 4.69) is 10.3 Å². The number of anilines is 1. The molecule has 0 fully saturated rings. The Balaban J connectivity index is 2.07. The molecule has 0 radical (unpaired) electrons. The van der Waals surface area contributed by atoms with Crippen LogP contribution in [-0.4, -0.2) is 44.6 Å². The smallest absolute Gasteiger partial charge is 0.332 e. The highest BCUT2D eigenvalue weighted by molar-refractivity contribution is 5.74. The SMILES string of the molecule is COc1ccc(C(CO)Nc2nc3c(c(=O)n(C)c(=O)n3C)n2C)cc1OC. The lowest BCUT2D eigenvalue weighted by Crippen LogP contribution is -2.37. The quantitative estimate of drug-likeness (QED) is 0.616. The highest BCUT2D eigenvalue weighted by atomic mass is 16.5. The van der Waals surface area contributed by atoms with E-state index in [-0.39, 0.29) is 17.8 Å². The van der Waals surface area contributed by atoms with Crippen LogP contribution in [0.1, 0.15) is 11.6 Å². The zero-order valence-corrected chi connectivity index (χ0v) is 16.4. The number of nitrogens with zero attached hydrogens (tertiary/aromatic N) is 4. The number of rotatable bonds is 6. The van der Waals surface area contributed by atoms with Crippen LogP contribution in [-0.2, 0) is 21.1 Å². The summed E-state index contributed by atoms with van der Waals surface area (Å²) in [6.07, 6.45) is 0. The summed E-state index contributed by atoms with van der Waals surface area (Å²) < 4.78 is 14.5. The van der Waals surface area contributed by atoms with Gasteiger partial charge in [-0.3, -0.25) is 13.9 Å². The number of aliphatic hydroxyl groups excluding tert-OH is 1. The van der Waals surface area contributed by atoms with Crippen LogP contribution in [0.15, 0.2) is 27.8 Å². The summed E-state index contributed by atoms with van der Waals surface area (Å²) in [5.74, 6) is 1.45. The molecule has 3 aromatic rings. The maximum atomic E-state index is 12.5. The van der Waals surface area contributed by atoms with Crippen molar-refractivity contribution in [3.63, 3.8) is 0 Å². The molecule has 150 valence electrons. The predicted molar refractivity (Wildman–Crippen MR) is 104 cm³/mol. The Hall–Kier alpha value is -3.27. The van der Waals surface area contributed by atoms with Crippen molar-refractivity contribution in [3.05, 3.63) is 44.6 Å². The number of hydrogen-bond donors (Lipinski definition) is 2. The molecular weight excluding hydrogens is 366 g/mol. The summed E-state index contributed by atoms with van der Waals surface area (Å²) in [6, 6.07) is 4.78. The van der Waals surface area contributed by atoms with Crippen LogP contribution in [0.2, 0.25) is 0 Å². The lowest BCUT2D eigenvalue weighted by atomic mass is 10.1. The molecule has 2 aromatic heterocycles. The van der Waals surface area contributed by atoms with E-state index in [0.717, 1.165) is 10.1 Å². The van der Waals surface area contributed by atoms with E-state index >= 15 is 0 Å². The van der Waals surface area contributed by atoms with Crippen molar-refractivity contribution in [1.29, 1.82) is 0 Å². The normalized spacial score (nSPS) is 12.2. The molecule has 0 aliphatic carbocycles. The molecule has 0 saturated carbocycles. The highest BCUT2D eigenvalue weighted by Crippen LogP contribution is 2.31. The van der Waals surface area contributed by atoms with Gasteiger partial charge in [0, 0.05) is 21.1 Å². The number of benzene rings is 1. The number of fused-ring (bicyclic) bond motifs is 1. The zero-order chi connectivity index (χ0) is 20.6. The van der Waals surface area contributed by atoms with E-state index in [4.69, 9.17) is 9.47 Å². The number of methoxy groups -OCH3 is 2. The van der Waals surface area contributed by atoms with Crippen molar-refractivity contribution in [2.75, 3.05) is 26.1 Å². The molecule has 0 aliphatic heterocycles. The van der Waals surface area contributed by atoms with Crippen LogP contribution in [0, 0.1) is 0 Å². The molecule has 28 heavy (non-hydrogen) atoms.